The summed E-state index contributed by atoms with van der Waals surface area (Å²) < 4.78 is 66.6. The molecule has 0 saturated heterocycles. The lowest BCUT2D eigenvalue weighted by atomic mass is 9.61. The SMILES string of the molecule is CCCCCc1ccc(-c2cc3ccc(OC4CCC(OC(=O)C(C)(CC(C)(C)C)C(C)(C)C)C4C(F)(F)F)cc3oc2=O)c(OC)c1. The van der Waals surface area contributed by atoms with Crippen LogP contribution in [0.1, 0.15) is 99.5 Å². The number of unbranched alkanes of at least 4 members (excludes halogenated alkanes) is 2. The van der Waals surface area contributed by atoms with Crippen LogP contribution >= 0.6 is 0 Å². The maximum Gasteiger partial charge on any atom is 0.398 e. The number of fused-ring (bicyclic) bond motifs is 1. The van der Waals surface area contributed by atoms with E-state index < -0.39 is 46.7 Å². The Hall–Kier alpha value is -3.49. The van der Waals surface area contributed by atoms with Gasteiger partial charge < -0.3 is 18.6 Å². The fourth-order valence-corrected chi connectivity index (χ4v) is 6.80. The van der Waals surface area contributed by atoms with Gasteiger partial charge in [0.25, 0.3) is 0 Å². The summed E-state index contributed by atoms with van der Waals surface area (Å²) in [5.41, 5.74) is -0.184. The van der Waals surface area contributed by atoms with Crippen molar-refractivity contribution in [1.29, 1.82) is 0 Å². The number of carbonyl (C=O) groups excluding carboxylic acids is 1. The lowest BCUT2D eigenvalue weighted by molar-refractivity contribution is -0.220. The Morgan fingerprint density at radius 3 is 2.19 bits per heavy atom. The van der Waals surface area contributed by atoms with Crippen molar-refractivity contribution in [3.8, 4) is 22.6 Å². The zero-order chi connectivity index (χ0) is 35.7. The predicted molar refractivity (Wildman–Crippen MR) is 182 cm³/mol. The fraction of sp³-hybridized carbons (Fsp3) is 0.590. The van der Waals surface area contributed by atoms with E-state index in [-0.39, 0.29) is 29.6 Å². The van der Waals surface area contributed by atoms with E-state index >= 15 is 0 Å². The molecule has 4 unspecified atom stereocenters. The van der Waals surface area contributed by atoms with Gasteiger partial charge in [0.15, 0.2) is 0 Å². The number of hydrogen-bond acceptors (Lipinski definition) is 6. The van der Waals surface area contributed by atoms with E-state index in [2.05, 4.69) is 6.92 Å². The number of aryl methyl sites for hydroxylation is 1. The van der Waals surface area contributed by atoms with Gasteiger partial charge in [0.2, 0.25) is 0 Å². The zero-order valence-corrected chi connectivity index (χ0v) is 29.8. The first-order valence-corrected chi connectivity index (χ1v) is 17.0. The van der Waals surface area contributed by atoms with Crippen molar-refractivity contribution in [1.82, 2.24) is 0 Å². The molecule has 1 saturated carbocycles. The monoisotopic (exact) mass is 672 g/mol. The van der Waals surface area contributed by atoms with Gasteiger partial charge in [-0.2, -0.15) is 13.2 Å². The molecule has 1 heterocycles. The molecule has 264 valence electrons. The molecule has 0 amide bonds. The second-order valence-electron chi connectivity index (χ2n) is 15.7. The summed E-state index contributed by atoms with van der Waals surface area (Å²) in [4.78, 5) is 26.8. The third-order valence-electron chi connectivity index (χ3n) is 9.78. The van der Waals surface area contributed by atoms with Crippen LogP contribution in [-0.4, -0.2) is 31.5 Å². The van der Waals surface area contributed by atoms with Crippen LogP contribution in [0.3, 0.4) is 0 Å². The van der Waals surface area contributed by atoms with Gasteiger partial charge in [0, 0.05) is 17.0 Å². The average Bonchev–Trinajstić information content (AvgIpc) is 3.37. The molecule has 1 fully saturated rings. The van der Waals surface area contributed by atoms with Crippen LogP contribution in [0.2, 0.25) is 0 Å². The van der Waals surface area contributed by atoms with Crippen molar-refractivity contribution in [2.75, 3.05) is 7.11 Å². The molecular formula is C39H51F3O6. The summed E-state index contributed by atoms with van der Waals surface area (Å²) in [5.74, 6) is -1.95. The molecule has 0 radical (unpaired) electrons. The first-order chi connectivity index (χ1) is 22.3. The van der Waals surface area contributed by atoms with E-state index in [9.17, 15) is 22.8 Å². The third-order valence-corrected chi connectivity index (χ3v) is 9.78. The number of esters is 1. The van der Waals surface area contributed by atoms with E-state index in [0.29, 0.717) is 28.7 Å². The molecule has 9 heteroatoms. The smallest absolute Gasteiger partial charge is 0.398 e. The normalized spacial score (nSPS) is 20.0. The van der Waals surface area contributed by atoms with Crippen LogP contribution in [0.5, 0.6) is 11.5 Å². The van der Waals surface area contributed by atoms with E-state index in [1.807, 2.05) is 59.7 Å². The van der Waals surface area contributed by atoms with Gasteiger partial charge in [0.05, 0.1) is 18.1 Å². The molecule has 1 aliphatic rings. The van der Waals surface area contributed by atoms with Crippen molar-refractivity contribution in [2.45, 2.75) is 119 Å². The van der Waals surface area contributed by atoms with Gasteiger partial charge in [0.1, 0.15) is 35.2 Å². The van der Waals surface area contributed by atoms with Gasteiger partial charge in [-0.15, -0.1) is 0 Å². The Bertz CT molecular complexity index is 1640. The minimum absolute atomic E-state index is 0.0155. The highest BCUT2D eigenvalue weighted by atomic mass is 19.4. The standard InChI is InChI=1S/C39H51F3O6/c1-10-11-12-13-24-14-17-27(32(20-24)45-9)28-21-25-15-16-26(22-31(25)47-34(28)43)46-29-18-19-30(33(29)39(40,41)42)48-35(44)38(8,37(5,6)7)23-36(2,3)4/h14-17,20-22,29-30,33H,10-13,18-19,23H2,1-9H3. The van der Waals surface area contributed by atoms with Gasteiger partial charge >= 0.3 is 17.8 Å². The largest absolute Gasteiger partial charge is 0.496 e. The molecule has 3 aromatic rings. The Balaban J connectivity index is 1.57. The van der Waals surface area contributed by atoms with Crippen molar-refractivity contribution in [3.05, 3.63) is 58.4 Å². The van der Waals surface area contributed by atoms with Gasteiger partial charge in [-0.1, -0.05) is 73.4 Å². The number of halogens is 3. The number of rotatable bonds is 11. The molecule has 1 aromatic heterocycles. The Morgan fingerprint density at radius 1 is 0.896 bits per heavy atom. The first-order valence-electron chi connectivity index (χ1n) is 17.0. The predicted octanol–water partition coefficient (Wildman–Crippen LogP) is 10.3. The molecule has 4 atom stereocenters. The third kappa shape index (κ3) is 8.38. The molecule has 2 aromatic carbocycles. The summed E-state index contributed by atoms with van der Waals surface area (Å²) in [7, 11) is 1.55. The van der Waals surface area contributed by atoms with Crippen molar-refractivity contribution in [2.24, 2.45) is 22.2 Å². The second-order valence-corrected chi connectivity index (χ2v) is 15.7. The maximum atomic E-state index is 14.6. The van der Waals surface area contributed by atoms with Gasteiger partial charge in [-0.05, 0) is 79.7 Å². The van der Waals surface area contributed by atoms with E-state index in [1.165, 1.54) is 6.07 Å². The summed E-state index contributed by atoms with van der Waals surface area (Å²) in [5, 5.41) is 0.580. The van der Waals surface area contributed by atoms with Crippen LogP contribution in [0.4, 0.5) is 13.2 Å². The molecular weight excluding hydrogens is 621 g/mol. The first kappa shape index (κ1) is 37.3. The second kappa shape index (κ2) is 14.2. The highest BCUT2D eigenvalue weighted by Crippen LogP contribution is 2.49. The van der Waals surface area contributed by atoms with Crippen molar-refractivity contribution >= 4 is 16.9 Å². The highest BCUT2D eigenvalue weighted by Gasteiger charge is 2.57. The molecule has 6 nitrogen and oxygen atoms in total. The molecule has 0 bridgehead atoms. The Morgan fingerprint density at radius 2 is 1.58 bits per heavy atom. The van der Waals surface area contributed by atoms with Crippen molar-refractivity contribution < 1.29 is 36.6 Å². The molecule has 0 spiro atoms. The Kier molecular flexibility index (Phi) is 11.0. The molecule has 0 aliphatic heterocycles. The summed E-state index contributed by atoms with van der Waals surface area (Å²) in [6, 6.07) is 12.1. The van der Waals surface area contributed by atoms with Crippen LogP contribution in [0, 0.1) is 22.2 Å². The summed E-state index contributed by atoms with van der Waals surface area (Å²) in [6.45, 7) is 15.6. The van der Waals surface area contributed by atoms with Crippen LogP contribution in [0.15, 0.2) is 51.7 Å². The highest BCUT2D eigenvalue weighted by molar-refractivity contribution is 5.84. The lowest BCUT2D eigenvalue weighted by Crippen LogP contribution is -2.48. The molecule has 48 heavy (non-hydrogen) atoms. The minimum atomic E-state index is -4.67. The van der Waals surface area contributed by atoms with E-state index in [0.717, 1.165) is 31.2 Å². The average molecular weight is 673 g/mol. The van der Waals surface area contributed by atoms with Crippen LogP contribution in [-0.2, 0) is 16.0 Å². The van der Waals surface area contributed by atoms with Crippen LogP contribution < -0.4 is 15.1 Å². The summed E-state index contributed by atoms with van der Waals surface area (Å²) >= 11 is 0. The lowest BCUT2D eigenvalue weighted by Gasteiger charge is -2.44. The number of carbonyl (C=O) groups is 1. The number of alkyl halides is 3. The molecule has 1 aliphatic carbocycles. The van der Waals surface area contributed by atoms with Gasteiger partial charge in [-0.25, -0.2) is 4.79 Å². The van der Waals surface area contributed by atoms with Crippen molar-refractivity contribution in [3.63, 3.8) is 0 Å². The van der Waals surface area contributed by atoms with E-state index in [4.69, 9.17) is 18.6 Å². The Labute approximate surface area is 282 Å². The van der Waals surface area contributed by atoms with Gasteiger partial charge in [-0.3, -0.25) is 4.79 Å². The fourth-order valence-electron chi connectivity index (χ4n) is 6.80. The topological polar surface area (TPSA) is 75.0 Å². The van der Waals surface area contributed by atoms with Crippen LogP contribution in [0.25, 0.3) is 22.1 Å². The maximum absolute atomic E-state index is 14.6. The quantitative estimate of drug-likeness (QED) is 0.115. The summed E-state index contributed by atoms with van der Waals surface area (Å²) in [6.07, 6.45) is -2.60. The number of methoxy groups -OCH3 is 1. The number of hydrogen-bond donors (Lipinski definition) is 0. The zero-order valence-electron chi connectivity index (χ0n) is 29.8. The molecule has 0 N–H and O–H groups in total. The minimum Gasteiger partial charge on any atom is -0.496 e. The van der Waals surface area contributed by atoms with E-state index in [1.54, 1.807) is 32.2 Å². The molecule has 4 rings (SSSR count). The number of benzene rings is 2. The number of ether oxygens (including phenoxy) is 3.